The Morgan fingerprint density at radius 1 is 1.06 bits per heavy atom. The maximum absolute atomic E-state index is 5.50. The van der Waals surface area contributed by atoms with Crippen molar-refractivity contribution in [2.45, 2.75) is 26.7 Å². The van der Waals surface area contributed by atoms with Crippen molar-refractivity contribution in [1.29, 1.82) is 0 Å². The average Bonchev–Trinajstić information content (AvgIpc) is 2.84. The van der Waals surface area contributed by atoms with Crippen molar-refractivity contribution in [3.05, 3.63) is 42.1 Å². The summed E-state index contributed by atoms with van der Waals surface area (Å²) in [5.41, 5.74) is 3.04. The second kappa shape index (κ2) is 5.42. The number of methoxy groups -OCH3 is 1. The van der Waals surface area contributed by atoms with Crippen LogP contribution in [0.2, 0.25) is 0 Å². The second-order valence-electron chi connectivity index (χ2n) is 4.45. The molecule has 0 N–H and O–H groups in total. The third kappa shape index (κ3) is 2.38. The summed E-state index contributed by atoms with van der Waals surface area (Å²) in [5, 5.41) is 0. The van der Waals surface area contributed by atoms with Crippen molar-refractivity contribution in [3.8, 4) is 0 Å². The van der Waals surface area contributed by atoms with Gasteiger partial charge in [0.05, 0.1) is 0 Å². The van der Waals surface area contributed by atoms with Gasteiger partial charge in [-0.3, -0.25) is 0 Å². The molecule has 0 spiro atoms. The summed E-state index contributed by atoms with van der Waals surface area (Å²) in [5.74, 6) is 0. The van der Waals surface area contributed by atoms with Gasteiger partial charge >= 0.3 is 106 Å². The maximum atomic E-state index is 5.50. The molecule has 16 heavy (non-hydrogen) atoms. The zero-order valence-corrected chi connectivity index (χ0v) is 13.9. The molecule has 2 aliphatic carbocycles. The Morgan fingerprint density at radius 2 is 1.56 bits per heavy atom. The second-order valence-corrected chi connectivity index (χ2v) is 13.3. The SMILES string of the molecule is CO[CH2][Hf]([C]1=C(C)C=CC1)[C]1=C(C)C=CC1. The molecule has 0 aromatic carbocycles. The Morgan fingerprint density at radius 3 is 1.88 bits per heavy atom. The first-order valence-corrected chi connectivity index (χ1v) is 12.0. The molecule has 0 fully saturated rings. The van der Waals surface area contributed by atoms with Crippen molar-refractivity contribution >= 4 is 0 Å². The minimum absolute atomic E-state index is 1.02. The van der Waals surface area contributed by atoms with Crippen LogP contribution in [0.15, 0.2) is 42.1 Å². The van der Waals surface area contributed by atoms with E-state index in [0.29, 0.717) is 0 Å². The molecule has 0 saturated carbocycles. The molecule has 0 aromatic rings. The first kappa shape index (κ1) is 12.3. The van der Waals surface area contributed by atoms with Gasteiger partial charge in [0.2, 0.25) is 0 Å². The molecule has 0 amide bonds. The van der Waals surface area contributed by atoms with Crippen LogP contribution in [0.3, 0.4) is 0 Å². The number of allylic oxidation sites excluding steroid dienone is 8. The van der Waals surface area contributed by atoms with Gasteiger partial charge in [-0.2, -0.15) is 0 Å². The van der Waals surface area contributed by atoms with Crippen LogP contribution in [0.25, 0.3) is 0 Å². The molecule has 2 heteroatoms. The molecule has 0 aliphatic heterocycles. The predicted octanol–water partition coefficient (Wildman–Crippen LogP) is 3.68. The Labute approximate surface area is 106 Å². The van der Waals surface area contributed by atoms with Crippen LogP contribution >= 0.6 is 0 Å². The van der Waals surface area contributed by atoms with Gasteiger partial charge in [-0.15, -0.1) is 0 Å². The molecule has 0 unspecified atom stereocenters. The van der Waals surface area contributed by atoms with Crippen LogP contribution in [-0.2, 0) is 26.2 Å². The van der Waals surface area contributed by atoms with Crippen LogP contribution in [-0.4, -0.2) is 11.5 Å². The van der Waals surface area contributed by atoms with E-state index in [0.717, 1.165) is 4.36 Å². The molecule has 0 heterocycles. The summed E-state index contributed by atoms with van der Waals surface area (Å²) >= 11 is -1.86. The van der Waals surface area contributed by atoms with Gasteiger partial charge in [0.25, 0.3) is 0 Å². The van der Waals surface area contributed by atoms with Gasteiger partial charge in [0.1, 0.15) is 0 Å². The van der Waals surface area contributed by atoms with E-state index >= 15 is 0 Å². The minimum atomic E-state index is -1.86. The van der Waals surface area contributed by atoms with E-state index < -0.39 is 21.4 Å². The fraction of sp³-hybridized carbons (Fsp3) is 0.429. The fourth-order valence-electron chi connectivity index (χ4n) is 2.45. The summed E-state index contributed by atoms with van der Waals surface area (Å²) < 4.78 is 10.0. The Balaban J connectivity index is 2.25. The summed E-state index contributed by atoms with van der Waals surface area (Å²) in [6, 6.07) is 0. The van der Waals surface area contributed by atoms with Crippen molar-refractivity contribution in [1.82, 2.24) is 0 Å². The molecular weight excluding hydrogens is 363 g/mol. The Hall–Kier alpha value is -0.210. The molecule has 1 nitrogen and oxygen atoms in total. The van der Waals surface area contributed by atoms with E-state index in [1.54, 1.807) is 6.66 Å². The zero-order valence-electron chi connectivity index (χ0n) is 10.3. The van der Waals surface area contributed by atoms with Crippen molar-refractivity contribution in [2.24, 2.45) is 0 Å². The van der Waals surface area contributed by atoms with Crippen molar-refractivity contribution in [3.63, 3.8) is 0 Å². The summed E-state index contributed by atoms with van der Waals surface area (Å²) in [4.78, 5) is 0. The first-order valence-electron chi connectivity index (χ1n) is 5.82. The molecule has 2 aliphatic rings. The number of hydrogen-bond donors (Lipinski definition) is 0. The van der Waals surface area contributed by atoms with E-state index in [2.05, 4.69) is 38.2 Å². The quantitative estimate of drug-likeness (QED) is 0.675. The van der Waals surface area contributed by atoms with E-state index in [9.17, 15) is 0 Å². The van der Waals surface area contributed by atoms with E-state index in [1.807, 2.05) is 7.11 Å². The molecule has 0 aromatic heterocycles. The van der Waals surface area contributed by atoms with Gasteiger partial charge < -0.3 is 0 Å². The number of hydrogen-bond acceptors (Lipinski definition) is 1. The standard InChI is InChI=1S/2C6H7.C2H5O.Hf/c2*1-6-4-2-3-5-6;1-3-2;/h2*2,4H,3H2,1H3;1H2,2H3;. The van der Waals surface area contributed by atoms with Crippen molar-refractivity contribution < 1.29 is 26.2 Å². The predicted molar refractivity (Wildman–Crippen MR) is 64.8 cm³/mol. The summed E-state index contributed by atoms with van der Waals surface area (Å²) in [6.45, 7) is 4.52. The first-order chi connectivity index (χ1) is 7.74. The van der Waals surface area contributed by atoms with Crippen LogP contribution in [0.1, 0.15) is 26.7 Å². The fourth-order valence-corrected chi connectivity index (χ4v) is 12.7. The monoisotopic (exact) mass is 383 g/mol. The van der Waals surface area contributed by atoms with E-state index in [-0.39, 0.29) is 0 Å². The van der Waals surface area contributed by atoms with Crippen LogP contribution in [0, 0.1) is 0 Å². The van der Waals surface area contributed by atoms with Gasteiger partial charge in [-0.1, -0.05) is 0 Å². The zero-order chi connectivity index (χ0) is 11.5. The van der Waals surface area contributed by atoms with Gasteiger partial charge in [0, 0.05) is 0 Å². The molecule has 2 rings (SSSR count). The van der Waals surface area contributed by atoms with Gasteiger partial charge in [0.15, 0.2) is 0 Å². The molecule has 0 saturated heterocycles. The number of ether oxygens (including phenoxy) is 1. The Bertz CT molecular complexity index is 363. The average molecular weight is 382 g/mol. The van der Waals surface area contributed by atoms with Crippen molar-refractivity contribution in [2.75, 3.05) is 11.5 Å². The third-order valence-electron chi connectivity index (χ3n) is 3.35. The molecule has 0 radical (unpaired) electrons. The van der Waals surface area contributed by atoms with E-state index in [4.69, 9.17) is 4.74 Å². The number of rotatable bonds is 4. The van der Waals surface area contributed by atoms with Gasteiger partial charge in [-0.05, 0) is 0 Å². The Kier molecular flexibility index (Phi) is 4.15. The molecular formula is C14H19HfO. The van der Waals surface area contributed by atoms with Crippen LogP contribution in [0.4, 0.5) is 0 Å². The molecule has 0 bridgehead atoms. The van der Waals surface area contributed by atoms with Crippen LogP contribution in [0.5, 0.6) is 0 Å². The topological polar surface area (TPSA) is 9.23 Å². The van der Waals surface area contributed by atoms with Crippen LogP contribution < -0.4 is 0 Å². The summed E-state index contributed by atoms with van der Waals surface area (Å²) in [7, 11) is 1.85. The normalized spacial score (nSPS) is 19.2. The molecule has 85 valence electrons. The third-order valence-corrected chi connectivity index (χ3v) is 15.0. The molecule has 0 atom stereocenters. The van der Waals surface area contributed by atoms with E-state index in [1.165, 1.54) is 24.0 Å². The summed E-state index contributed by atoms with van der Waals surface area (Å²) in [6.07, 6.45) is 11.6. The van der Waals surface area contributed by atoms with Gasteiger partial charge in [-0.25, -0.2) is 0 Å².